The molecule has 38 heavy (non-hydrogen) atoms. The SMILES string of the molecule is c1ccc(-c2ccc(-n3c4ccccc4c4cc(-c5cccc6c5sc5ccccc56)ccc43)cc2)cc1. The molecule has 0 saturated carbocycles. The van der Waals surface area contributed by atoms with Gasteiger partial charge in [-0.1, -0.05) is 103 Å². The van der Waals surface area contributed by atoms with Crippen LogP contribution < -0.4 is 0 Å². The lowest BCUT2D eigenvalue weighted by molar-refractivity contribution is 1.18. The van der Waals surface area contributed by atoms with Crippen molar-refractivity contribution in [3.63, 3.8) is 0 Å². The van der Waals surface area contributed by atoms with Gasteiger partial charge in [0.1, 0.15) is 0 Å². The number of rotatable bonds is 3. The molecular weight excluding hydrogens is 478 g/mol. The molecule has 0 bridgehead atoms. The molecule has 2 heteroatoms. The van der Waals surface area contributed by atoms with Crippen molar-refractivity contribution in [1.29, 1.82) is 0 Å². The van der Waals surface area contributed by atoms with E-state index in [0.717, 1.165) is 0 Å². The van der Waals surface area contributed by atoms with E-state index < -0.39 is 0 Å². The third-order valence-electron chi connectivity index (χ3n) is 7.62. The lowest BCUT2D eigenvalue weighted by atomic mass is 10.0. The van der Waals surface area contributed by atoms with Gasteiger partial charge >= 0.3 is 0 Å². The van der Waals surface area contributed by atoms with E-state index in [-0.39, 0.29) is 0 Å². The largest absolute Gasteiger partial charge is 0.309 e. The summed E-state index contributed by atoms with van der Waals surface area (Å²) in [4.78, 5) is 0. The molecule has 2 aromatic heterocycles. The van der Waals surface area contributed by atoms with Crippen molar-refractivity contribution in [3.05, 3.63) is 140 Å². The summed E-state index contributed by atoms with van der Waals surface area (Å²) in [5.41, 5.74) is 8.66. The van der Waals surface area contributed by atoms with E-state index in [9.17, 15) is 0 Å². The molecule has 6 aromatic carbocycles. The molecule has 0 aliphatic carbocycles. The summed E-state index contributed by atoms with van der Waals surface area (Å²) < 4.78 is 5.09. The molecule has 0 spiro atoms. The molecular formula is C36H23NS. The van der Waals surface area contributed by atoms with E-state index in [1.807, 2.05) is 11.3 Å². The zero-order valence-corrected chi connectivity index (χ0v) is 21.5. The topological polar surface area (TPSA) is 4.93 Å². The van der Waals surface area contributed by atoms with Gasteiger partial charge in [-0.25, -0.2) is 0 Å². The Kier molecular flexibility index (Phi) is 4.76. The van der Waals surface area contributed by atoms with Crippen molar-refractivity contribution >= 4 is 53.3 Å². The van der Waals surface area contributed by atoms with E-state index in [4.69, 9.17) is 0 Å². The third-order valence-corrected chi connectivity index (χ3v) is 8.84. The van der Waals surface area contributed by atoms with Crippen LogP contribution in [0.5, 0.6) is 0 Å². The number of fused-ring (bicyclic) bond motifs is 6. The Bertz CT molecular complexity index is 2110. The van der Waals surface area contributed by atoms with E-state index in [1.165, 1.54) is 69.9 Å². The van der Waals surface area contributed by atoms with E-state index in [1.54, 1.807) is 0 Å². The zero-order valence-electron chi connectivity index (χ0n) is 20.6. The summed E-state index contributed by atoms with van der Waals surface area (Å²) >= 11 is 1.89. The predicted octanol–water partition coefficient (Wildman–Crippen LogP) is 10.5. The van der Waals surface area contributed by atoms with Crippen molar-refractivity contribution in [2.45, 2.75) is 0 Å². The fourth-order valence-corrected chi connectivity index (χ4v) is 7.06. The molecule has 0 aliphatic heterocycles. The fourth-order valence-electron chi connectivity index (χ4n) is 5.83. The van der Waals surface area contributed by atoms with Crippen LogP contribution >= 0.6 is 11.3 Å². The average molecular weight is 502 g/mol. The van der Waals surface area contributed by atoms with Crippen LogP contribution in [0.4, 0.5) is 0 Å². The summed E-state index contributed by atoms with van der Waals surface area (Å²) in [6.07, 6.45) is 0. The Morgan fingerprint density at radius 2 is 1.08 bits per heavy atom. The van der Waals surface area contributed by atoms with Crippen molar-refractivity contribution < 1.29 is 0 Å². The van der Waals surface area contributed by atoms with Gasteiger partial charge in [0.15, 0.2) is 0 Å². The van der Waals surface area contributed by atoms with Gasteiger partial charge in [0.25, 0.3) is 0 Å². The quantitative estimate of drug-likeness (QED) is 0.227. The maximum Gasteiger partial charge on any atom is 0.0541 e. The molecule has 0 aliphatic rings. The monoisotopic (exact) mass is 501 g/mol. The fraction of sp³-hybridized carbons (Fsp3) is 0. The highest BCUT2D eigenvalue weighted by molar-refractivity contribution is 7.26. The number of thiophene rings is 1. The van der Waals surface area contributed by atoms with Gasteiger partial charge in [-0.15, -0.1) is 11.3 Å². The first-order chi connectivity index (χ1) is 18.8. The number of para-hydroxylation sites is 1. The van der Waals surface area contributed by atoms with Gasteiger partial charge in [0.05, 0.1) is 11.0 Å². The first kappa shape index (κ1) is 21.4. The highest BCUT2D eigenvalue weighted by Crippen LogP contribution is 2.41. The molecule has 0 saturated heterocycles. The smallest absolute Gasteiger partial charge is 0.0541 e. The zero-order chi connectivity index (χ0) is 25.1. The van der Waals surface area contributed by atoms with Crippen LogP contribution in [0.25, 0.3) is 69.9 Å². The summed E-state index contributed by atoms with van der Waals surface area (Å²) in [5.74, 6) is 0. The van der Waals surface area contributed by atoms with E-state index in [2.05, 4.69) is 144 Å². The number of benzene rings is 6. The molecule has 0 amide bonds. The average Bonchev–Trinajstić information content (AvgIpc) is 3.53. The standard InChI is InChI=1S/C36H23NS/c1-2-9-24(10-3-1)25-17-20-27(21-18-25)37-33-15-6-4-11-29(33)32-23-26(19-22-34(32)37)28-13-8-14-31-30-12-5-7-16-35(30)38-36(28)31/h1-23H. The Hall–Kier alpha value is -4.66. The van der Waals surface area contributed by atoms with Gasteiger partial charge in [0, 0.05) is 36.6 Å². The lowest BCUT2D eigenvalue weighted by Gasteiger charge is -2.10. The first-order valence-corrected chi connectivity index (χ1v) is 13.8. The minimum absolute atomic E-state index is 1.18. The lowest BCUT2D eigenvalue weighted by Crippen LogP contribution is -1.93. The maximum atomic E-state index is 2.39. The van der Waals surface area contributed by atoms with Crippen LogP contribution in [0.3, 0.4) is 0 Å². The van der Waals surface area contributed by atoms with Crippen molar-refractivity contribution in [2.24, 2.45) is 0 Å². The number of nitrogens with zero attached hydrogens (tertiary/aromatic N) is 1. The minimum Gasteiger partial charge on any atom is -0.309 e. The van der Waals surface area contributed by atoms with Crippen LogP contribution in [0.15, 0.2) is 140 Å². The molecule has 0 atom stereocenters. The number of hydrogen-bond donors (Lipinski definition) is 0. The van der Waals surface area contributed by atoms with Crippen LogP contribution in [-0.2, 0) is 0 Å². The Balaban J connectivity index is 1.32. The third kappa shape index (κ3) is 3.24. The van der Waals surface area contributed by atoms with Crippen molar-refractivity contribution in [1.82, 2.24) is 4.57 Å². The van der Waals surface area contributed by atoms with E-state index >= 15 is 0 Å². The first-order valence-electron chi connectivity index (χ1n) is 12.9. The Morgan fingerprint density at radius 1 is 0.421 bits per heavy atom. The molecule has 0 unspecified atom stereocenters. The van der Waals surface area contributed by atoms with Crippen molar-refractivity contribution in [3.8, 4) is 27.9 Å². The molecule has 8 rings (SSSR count). The second-order valence-electron chi connectivity index (χ2n) is 9.78. The number of hydrogen-bond acceptors (Lipinski definition) is 1. The van der Waals surface area contributed by atoms with E-state index in [0.29, 0.717) is 0 Å². The van der Waals surface area contributed by atoms with Crippen LogP contribution in [0.2, 0.25) is 0 Å². The highest BCUT2D eigenvalue weighted by atomic mass is 32.1. The molecule has 8 aromatic rings. The summed E-state index contributed by atoms with van der Waals surface area (Å²) in [6.45, 7) is 0. The molecule has 178 valence electrons. The van der Waals surface area contributed by atoms with Crippen molar-refractivity contribution in [2.75, 3.05) is 0 Å². The second kappa shape index (κ2) is 8.44. The Labute approximate surface area is 224 Å². The minimum atomic E-state index is 1.18. The molecule has 1 nitrogen and oxygen atoms in total. The molecule has 2 heterocycles. The van der Waals surface area contributed by atoms with Gasteiger partial charge in [-0.2, -0.15) is 0 Å². The van der Waals surface area contributed by atoms with Gasteiger partial charge in [0.2, 0.25) is 0 Å². The number of aromatic nitrogens is 1. The normalized spacial score (nSPS) is 11.7. The summed E-state index contributed by atoms with van der Waals surface area (Å²) in [6, 6.07) is 50.6. The van der Waals surface area contributed by atoms with Crippen LogP contribution in [0.1, 0.15) is 0 Å². The maximum absolute atomic E-state index is 2.39. The molecule has 0 fully saturated rings. The van der Waals surface area contributed by atoms with Gasteiger partial charge in [-0.05, 0) is 58.7 Å². The van der Waals surface area contributed by atoms with Crippen LogP contribution in [-0.4, -0.2) is 4.57 Å². The summed E-state index contributed by atoms with van der Waals surface area (Å²) in [5, 5.41) is 5.23. The summed E-state index contributed by atoms with van der Waals surface area (Å²) in [7, 11) is 0. The Morgan fingerprint density at radius 3 is 1.95 bits per heavy atom. The predicted molar refractivity (Wildman–Crippen MR) is 165 cm³/mol. The van der Waals surface area contributed by atoms with Crippen LogP contribution in [0, 0.1) is 0 Å². The molecule has 0 radical (unpaired) electrons. The van der Waals surface area contributed by atoms with Gasteiger partial charge in [-0.3, -0.25) is 0 Å². The molecule has 0 N–H and O–H groups in total. The van der Waals surface area contributed by atoms with Gasteiger partial charge < -0.3 is 4.57 Å². The second-order valence-corrected chi connectivity index (χ2v) is 10.8. The highest BCUT2D eigenvalue weighted by Gasteiger charge is 2.15.